The molecule has 6 nitrogen and oxygen atoms in total. The Kier molecular flexibility index (Phi) is 5.05. The summed E-state index contributed by atoms with van der Waals surface area (Å²) in [5, 5.41) is 0. The SMILES string of the molecule is O=C(c1ccccc1C(F)(F)F)N1CCC(N=C2NS(=O)(=O)c3ccccc32)CC1. The monoisotopic (exact) mass is 437 g/mol. The fourth-order valence-electron chi connectivity index (χ4n) is 3.70. The minimum absolute atomic E-state index is 0.167. The van der Waals surface area contributed by atoms with E-state index in [-0.39, 0.29) is 35.4 Å². The van der Waals surface area contributed by atoms with Crippen LogP contribution < -0.4 is 4.72 Å². The number of aliphatic imine (C=N–C) groups is 1. The summed E-state index contributed by atoms with van der Waals surface area (Å²) in [7, 11) is -3.64. The van der Waals surface area contributed by atoms with E-state index in [1.165, 1.54) is 29.2 Å². The van der Waals surface area contributed by atoms with Crippen LogP contribution in [0.15, 0.2) is 58.4 Å². The van der Waals surface area contributed by atoms with Gasteiger partial charge in [-0.05, 0) is 37.1 Å². The van der Waals surface area contributed by atoms with Crippen LogP contribution in [0.25, 0.3) is 0 Å². The number of piperidine rings is 1. The molecule has 0 radical (unpaired) electrons. The Labute approximate surface area is 171 Å². The highest BCUT2D eigenvalue weighted by Crippen LogP contribution is 2.33. The molecular formula is C20H18F3N3O3S. The van der Waals surface area contributed by atoms with E-state index in [0.717, 1.165) is 6.07 Å². The van der Waals surface area contributed by atoms with Crippen molar-refractivity contribution in [1.82, 2.24) is 9.62 Å². The molecule has 158 valence electrons. The highest BCUT2D eigenvalue weighted by molar-refractivity contribution is 7.90. The number of fused-ring (bicyclic) bond motifs is 1. The van der Waals surface area contributed by atoms with Gasteiger partial charge in [0, 0.05) is 18.7 Å². The second kappa shape index (κ2) is 7.42. The summed E-state index contributed by atoms with van der Waals surface area (Å²) in [6.45, 7) is 0.474. The maximum atomic E-state index is 13.2. The number of alkyl halides is 3. The van der Waals surface area contributed by atoms with Gasteiger partial charge in [0.15, 0.2) is 0 Å². The molecule has 0 aromatic heterocycles. The van der Waals surface area contributed by atoms with Crippen LogP contribution in [0.2, 0.25) is 0 Å². The molecule has 0 spiro atoms. The van der Waals surface area contributed by atoms with E-state index >= 15 is 0 Å². The minimum atomic E-state index is -4.61. The van der Waals surface area contributed by atoms with E-state index in [4.69, 9.17) is 0 Å². The largest absolute Gasteiger partial charge is 0.417 e. The van der Waals surface area contributed by atoms with Gasteiger partial charge in [0.25, 0.3) is 15.9 Å². The molecule has 4 rings (SSSR count). The summed E-state index contributed by atoms with van der Waals surface area (Å²) < 4.78 is 66.4. The molecule has 30 heavy (non-hydrogen) atoms. The Hall–Kier alpha value is -2.88. The molecule has 1 fully saturated rings. The smallest absolute Gasteiger partial charge is 0.338 e. The molecule has 2 aromatic carbocycles. The number of rotatable bonds is 2. The minimum Gasteiger partial charge on any atom is -0.338 e. The van der Waals surface area contributed by atoms with Gasteiger partial charge in [-0.3, -0.25) is 14.5 Å². The number of amides is 1. The molecular weight excluding hydrogens is 419 g/mol. The number of carbonyl (C=O) groups excluding carboxylic acids is 1. The topological polar surface area (TPSA) is 78.8 Å². The fourth-order valence-corrected chi connectivity index (χ4v) is 4.94. The van der Waals surface area contributed by atoms with Crippen LogP contribution in [0, 0.1) is 0 Å². The predicted octanol–water partition coefficient (Wildman–Crippen LogP) is 3.05. The van der Waals surface area contributed by atoms with Crippen molar-refractivity contribution in [2.45, 2.75) is 30.0 Å². The van der Waals surface area contributed by atoms with Gasteiger partial charge in [-0.15, -0.1) is 0 Å². The molecule has 2 heterocycles. The van der Waals surface area contributed by atoms with Crippen LogP contribution >= 0.6 is 0 Å². The first kappa shape index (κ1) is 20.4. The van der Waals surface area contributed by atoms with Crippen molar-refractivity contribution >= 4 is 21.8 Å². The van der Waals surface area contributed by atoms with Crippen LogP contribution in [-0.4, -0.2) is 44.2 Å². The van der Waals surface area contributed by atoms with Crippen molar-refractivity contribution in [3.63, 3.8) is 0 Å². The first-order valence-electron chi connectivity index (χ1n) is 9.32. The Morgan fingerprint density at radius 3 is 2.37 bits per heavy atom. The molecule has 0 saturated carbocycles. The number of carbonyl (C=O) groups is 1. The number of nitrogens with one attached hydrogen (secondary N) is 1. The number of amidine groups is 1. The Balaban J connectivity index is 1.48. The lowest BCUT2D eigenvalue weighted by Crippen LogP contribution is -2.41. The van der Waals surface area contributed by atoms with Crippen LogP contribution in [-0.2, 0) is 16.2 Å². The molecule has 2 aromatic rings. The number of hydrogen-bond donors (Lipinski definition) is 1. The molecule has 1 amide bonds. The summed E-state index contributed by atoms with van der Waals surface area (Å²) in [6.07, 6.45) is -3.76. The highest BCUT2D eigenvalue weighted by Gasteiger charge is 2.37. The second-order valence-electron chi connectivity index (χ2n) is 7.15. The average molecular weight is 437 g/mol. The second-order valence-corrected chi connectivity index (χ2v) is 8.80. The van der Waals surface area contributed by atoms with Gasteiger partial charge >= 0.3 is 6.18 Å². The van der Waals surface area contributed by atoms with Crippen LogP contribution in [0.1, 0.15) is 34.3 Å². The normalized spacial score (nSPS) is 20.1. The zero-order valence-corrected chi connectivity index (χ0v) is 16.5. The number of nitrogens with zero attached hydrogens (tertiary/aromatic N) is 2. The summed E-state index contributed by atoms with van der Waals surface area (Å²) >= 11 is 0. The third-order valence-corrected chi connectivity index (χ3v) is 6.59. The molecule has 10 heteroatoms. The fraction of sp³-hybridized carbons (Fsp3) is 0.300. The van der Waals surface area contributed by atoms with Crippen LogP contribution in [0.5, 0.6) is 0 Å². The molecule has 0 unspecified atom stereocenters. The molecule has 1 N–H and O–H groups in total. The van der Waals surface area contributed by atoms with Crippen molar-refractivity contribution in [2.24, 2.45) is 4.99 Å². The lowest BCUT2D eigenvalue weighted by Gasteiger charge is -2.31. The number of likely N-dealkylation sites (tertiary alicyclic amines) is 1. The molecule has 2 aliphatic heterocycles. The summed E-state index contributed by atoms with van der Waals surface area (Å²) in [5.74, 6) is -0.404. The van der Waals surface area contributed by atoms with Crippen molar-refractivity contribution < 1.29 is 26.4 Å². The average Bonchev–Trinajstić information content (AvgIpc) is 2.98. The number of hydrogen-bond acceptors (Lipinski definition) is 4. The van der Waals surface area contributed by atoms with Crippen LogP contribution in [0.3, 0.4) is 0 Å². The van der Waals surface area contributed by atoms with E-state index in [1.54, 1.807) is 18.2 Å². The van der Waals surface area contributed by atoms with Gasteiger partial charge in [0.2, 0.25) is 0 Å². The Morgan fingerprint density at radius 2 is 1.67 bits per heavy atom. The molecule has 0 aliphatic carbocycles. The van der Waals surface area contributed by atoms with Gasteiger partial charge in [-0.2, -0.15) is 13.2 Å². The number of benzene rings is 2. The van der Waals surface area contributed by atoms with E-state index in [0.29, 0.717) is 18.4 Å². The van der Waals surface area contributed by atoms with Gasteiger partial charge in [-0.25, -0.2) is 8.42 Å². The summed E-state index contributed by atoms with van der Waals surface area (Å²) in [5.41, 5.74) is -0.823. The molecule has 1 saturated heterocycles. The van der Waals surface area contributed by atoms with Gasteiger partial charge < -0.3 is 4.90 Å². The van der Waals surface area contributed by atoms with E-state index in [2.05, 4.69) is 9.71 Å². The quantitative estimate of drug-likeness (QED) is 0.785. The molecule has 2 aliphatic rings. The lowest BCUT2D eigenvalue weighted by molar-refractivity contribution is -0.138. The first-order chi connectivity index (χ1) is 14.2. The molecule has 0 atom stereocenters. The predicted molar refractivity (Wildman–Crippen MR) is 104 cm³/mol. The molecule has 0 bridgehead atoms. The van der Waals surface area contributed by atoms with Crippen molar-refractivity contribution in [1.29, 1.82) is 0 Å². The Morgan fingerprint density at radius 1 is 1.03 bits per heavy atom. The van der Waals surface area contributed by atoms with Gasteiger partial charge in [0.1, 0.15) is 5.84 Å². The number of halogens is 3. The van der Waals surface area contributed by atoms with E-state index in [1.807, 2.05) is 0 Å². The third-order valence-electron chi connectivity index (χ3n) is 5.19. The summed E-state index contributed by atoms with van der Waals surface area (Å²) in [4.78, 5) is 18.7. The van der Waals surface area contributed by atoms with Crippen molar-refractivity contribution in [3.8, 4) is 0 Å². The number of sulfonamides is 1. The zero-order valence-electron chi connectivity index (χ0n) is 15.7. The van der Waals surface area contributed by atoms with Gasteiger partial charge in [0.05, 0.1) is 22.1 Å². The van der Waals surface area contributed by atoms with Crippen molar-refractivity contribution in [3.05, 3.63) is 65.2 Å². The maximum absolute atomic E-state index is 13.2. The third kappa shape index (κ3) is 3.79. The Bertz CT molecular complexity index is 1120. The first-order valence-corrected chi connectivity index (χ1v) is 10.8. The summed E-state index contributed by atoms with van der Waals surface area (Å²) in [6, 6.07) is 11.0. The van der Waals surface area contributed by atoms with Crippen molar-refractivity contribution in [2.75, 3.05) is 13.1 Å². The van der Waals surface area contributed by atoms with E-state index < -0.39 is 27.7 Å². The lowest BCUT2D eigenvalue weighted by atomic mass is 10.0. The highest BCUT2D eigenvalue weighted by atomic mass is 32.2. The zero-order chi connectivity index (χ0) is 21.5. The standard InChI is InChI=1S/C20H18F3N3O3S/c21-20(22,23)16-7-3-1-5-14(16)19(27)26-11-9-13(10-12-26)24-18-15-6-2-4-8-17(15)30(28,29)25-18/h1-8,13H,9-12H2,(H,24,25). The van der Waals surface area contributed by atoms with Crippen LogP contribution in [0.4, 0.5) is 13.2 Å². The van der Waals surface area contributed by atoms with Gasteiger partial charge in [-0.1, -0.05) is 24.3 Å². The van der Waals surface area contributed by atoms with E-state index in [9.17, 15) is 26.4 Å². The maximum Gasteiger partial charge on any atom is 0.417 e.